The van der Waals surface area contributed by atoms with E-state index >= 15 is 0 Å². The second-order valence-corrected chi connectivity index (χ2v) is 1.46. The first-order chi connectivity index (χ1) is 5.35. The molecule has 0 saturated heterocycles. The predicted octanol–water partition coefficient (Wildman–Crippen LogP) is 1.10. The van der Waals surface area contributed by atoms with E-state index in [1.807, 2.05) is 6.07 Å². The molecule has 4 heteroatoms. The topological polar surface area (TPSA) is 53.7 Å². The van der Waals surface area contributed by atoms with Crippen molar-refractivity contribution in [2.45, 2.75) is 0 Å². The number of hydrogen-bond acceptors (Lipinski definition) is 3. The van der Waals surface area contributed by atoms with Crippen molar-refractivity contribution in [3.05, 3.63) is 34.2 Å². The monoisotopic (exact) mass is 153 g/mol. The number of carbonyl (C=O) groups is 1. The third kappa shape index (κ3) is 4.73. The van der Waals surface area contributed by atoms with Crippen LogP contribution in [0.3, 0.4) is 0 Å². The van der Waals surface area contributed by atoms with Crippen molar-refractivity contribution in [3.63, 3.8) is 0 Å². The Balaban J connectivity index is 4.14. The van der Waals surface area contributed by atoms with Crippen molar-refractivity contribution in [1.82, 2.24) is 0 Å². The van der Waals surface area contributed by atoms with Crippen LogP contribution in [0.4, 0.5) is 0 Å². The molecule has 0 aliphatic heterocycles. The maximum absolute atomic E-state index is 9.91. The summed E-state index contributed by atoms with van der Waals surface area (Å²) in [5.41, 5.74) is 0. The predicted molar refractivity (Wildman–Crippen MR) is 40.9 cm³/mol. The highest BCUT2D eigenvalue weighted by atomic mass is 16.5. The molecule has 0 aromatic carbocycles. The summed E-state index contributed by atoms with van der Waals surface area (Å²) >= 11 is 0. The third-order valence-corrected chi connectivity index (χ3v) is 0.843. The van der Waals surface area contributed by atoms with Crippen molar-refractivity contribution >= 4 is 6.29 Å². The molecule has 11 heavy (non-hydrogen) atoms. The molecule has 0 bridgehead atoms. The summed E-state index contributed by atoms with van der Waals surface area (Å²) in [7, 11) is 1.41. The molecular weight excluding hydrogens is 146 g/mol. The Labute approximate surface area is 64.2 Å². The summed E-state index contributed by atoms with van der Waals surface area (Å²) in [5, 5.41) is 11.8. The van der Waals surface area contributed by atoms with E-state index < -0.39 is 0 Å². The molecule has 0 N–H and O–H groups in total. The molecule has 0 atom stereocenters. The minimum atomic E-state index is 0.344. The number of carbonyl (C=O) groups excluding carboxylic acids is 1. The lowest BCUT2D eigenvalue weighted by atomic mass is 10.4. The van der Waals surface area contributed by atoms with E-state index in [2.05, 4.69) is 5.01 Å². The maximum Gasteiger partial charge on any atom is 0.328 e. The van der Waals surface area contributed by atoms with E-state index in [0.717, 1.165) is 0 Å². The summed E-state index contributed by atoms with van der Waals surface area (Å²) < 4.78 is 4.70. The lowest BCUT2D eigenvalue weighted by Crippen LogP contribution is -1.81. The Kier molecular flexibility index (Phi) is 5.34. The summed E-state index contributed by atoms with van der Waals surface area (Å²) in [6.45, 7) is 0. The fourth-order valence-corrected chi connectivity index (χ4v) is 0.409. The number of nitrogens with zero attached hydrogens (tertiary/aromatic N) is 1. The molecule has 0 amide bonds. The first-order valence-corrected chi connectivity index (χ1v) is 2.79. The zero-order valence-electron chi connectivity index (χ0n) is 5.98. The summed E-state index contributed by atoms with van der Waals surface area (Å²) in [6.07, 6.45) is 4.45. The van der Waals surface area contributed by atoms with Gasteiger partial charge < -0.3 is 9.94 Å². The van der Waals surface area contributed by atoms with Crippen molar-refractivity contribution in [1.29, 1.82) is 0 Å². The molecule has 0 fully saturated rings. The normalized spacial score (nSPS) is 10.5. The highest BCUT2D eigenvalue weighted by Gasteiger charge is 1.86. The van der Waals surface area contributed by atoms with Crippen LogP contribution in [-0.4, -0.2) is 13.4 Å². The highest BCUT2D eigenvalue weighted by molar-refractivity contribution is 5.66. The average molecular weight is 153 g/mol. The van der Waals surface area contributed by atoms with Gasteiger partial charge in [-0.05, 0) is 6.08 Å². The quantitative estimate of drug-likeness (QED) is 0.152. The second kappa shape index (κ2) is 6.36. The number of ether oxygens (including phenoxy) is 1. The van der Waals surface area contributed by atoms with Gasteiger partial charge in [-0.3, -0.25) is 4.79 Å². The largest absolute Gasteiger partial charge is 0.498 e. The standard InChI is InChI=1S/C7H7NO3/c1-11-7(4-6-9)3-2-5-8-10/h2-4,6H,1H3/b3-2+,7-4-. The summed E-state index contributed by atoms with van der Waals surface area (Å²) in [4.78, 5) is 9.91. The zero-order chi connectivity index (χ0) is 8.53. The number of aldehydes is 1. The van der Waals surface area contributed by atoms with Gasteiger partial charge in [0.05, 0.1) is 13.2 Å². The molecule has 0 aromatic rings. The molecule has 0 spiro atoms. The molecule has 0 heterocycles. The number of hydrogen-bond donors (Lipinski definition) is 0. The van der Waals surface area contributed by atoms with Gasteiger partial charge in [0.15, 0.2) is 0 Å². The fraction of sp³-hybridized carbons (Fsp3) is 0.143. The Bertz CT molecular complexity index is 232. The molecule has 0 aliphatic carbocycles. The van der Waals surface area contributed by atoms with E-state index in [4.69, 9.17) is 4.74 Å². The number of methoxy groups -OCH3 is 1. The van der Waals surface area contributed by atoms with Gasteiger partial charge in [0.1, 0.15) is 12.0 Å². The van der Waals surface area contributed by atoms with Gasteiger partial charge in [0.2, 0.25) is 0 Å². The molecule has 0 saturated carbocycles. The minimum absolute atomic E-state index is 0.344. The molecule has 0 radical (unpaired) electrons. The number of allylic oxidation sites excluding steroid dienone is 3. The van der Waals surface area contributed by atoms with Crippen molar-refractivity contribution < 1.29 is 9.53 Å². The lowest BCUT2D eigenvalue weighted by molar-refractivity contribution is -0.104. The average Bonchev–Trinajstić information content (AvgIpc) is 2.03. The second-order valence-electron chi connectivity index (χ2n) is 1.46. The van der Waals surface area contributed by atoms with Gasteiger partial charge >= 0.3 is 6.07 Å². The minimum Gasteiger partial charge on any atom is -0.498 e. The van der Waals surface area contributed by atoms with Crippen LogP contribution in [0.2, 0.25) is 0 Å². The van der Waals surface area contributed by atoms with E-state index in [0.29, 0.717) is 12.0 Å². The summed E-state index contributed by atoms with van der Waals surface area (Å²) in [5.74, 6) is 0.344. The Morgan fingerprint density at radius 3 is 2.91 bits per heavy atom. The van der Waals surface area contributed by atoms with Gasteiger partial charge in [0.25, 0.3) is 0 Å². The molecular formula is C7H7NO3. The third-order valence-electron chi connectivity index (χ3n) is 0.843. The molecule has 4 nitrogen and oxygen atoms in total. The molecule has 0 unspecified atom stereocenters. The zero-order valence-corrected chi connectivity index (χ0v) is 5.98. The van der Waals surface area contributed by atoms with Crippen molar-refractivity contribution in [2.24, 2.45) is 0 Å². The maximum atomic E-state index is 9.91. The Morgan fingerprint density at radius 2 is 2.45 bits per heavy atom. The van der Waals surface area contributed by atoms with Crippen LogP contribution < -0.4 is 0 Å². The first kappa shape index (κ1) is 9.24. The van der Waals surface area contributed by atoms with Crippen LogP contribution in [0.1, 0.15) is 0 Å². The van der Waals surface area contributed by atoms with Gasteiger partial charge in [-0.1, -0.05) is 0 Å². The van der Waals surface area contributed by atoms with Gasteiger partial charge in [0, 0.05) is 11.1 Å². The van der Waals surface area contributed by atoms with Crippen molar-refractivity contribution in [2.75, 3.05) is 7.11 Å². The van der Waals surface area contributed by atoms with Gasteiger partial charge in [-0.2, -0.15) is 0 Å². The first-order valence-electron chi connectivity index (χ1n) is 2.79. The molecule has 0 aromatic heterocycles. The van der Waals surface area contributed by atoms with Crippen LogP contribution in [0.25, 0.3) is 5.01 Å². The Hall–Kier alpha value is -1.76. The van der Waals surface area contributed by atoms with Crippen LogP contribution in [0, 0.1) is 11.3 Å². The molecule has 58 valence electrons. The van der Waals surface area contributed by atoms with Gasteiger partial charge in [-0.15, -0.1) is 0 Å². The van der Waals surface area contributed by atoms with Crippen LogP contribution in [0.5, 0.6) is 0 Å². The van der Waals surface area contributed by atoms with Crippen LogP contribution >= 0.6 is 0 Å². The molecule has 0 rings (SSSR count). The van der Waals surface area contributed by atoms with Gasteiger partial charge in [-0.25, -0.2) is 0 Å². The van der Waals surface area contributed by atoms with E-state index in [1.165, 1.54) is 25.3 Å². The SMILES string of the molecule is COC(=C\C=O)/C=C/C#[N+][O-]. The Morgan fingerprint density at radius 1 is 1.73 bits per heavy atom. The van der Waals surface area contributed by atoms with Crippen LogP contribution in [-0.2, 0) is 9.53 Å². The lowest BCUT2D eigenvalue weighted by Gasteiger charge is -1.93. The van der Waals surface area contributed by atoms with E-state index in [-0.39, 0.29) is 0 Å². The smallest absolute Gasteiger partial charge is 0.328 e. The molecule has 0 aliphatic rings. The summed E-state index contributed by atoms with van der Waals surface area (Å²) in [6, 6.07) is 2.02. The van der Waals surface area contributed by atoms with Crippen molar-refractivity contribution in [3.8, 4) is 6.07 Å². The number of rotatable bonds is 3. The van der Waals surface area contributed by atoms with Crippen LogP contribution in [0.15, 0.2) is 24.0 Å². The fourth-order valence-electron chi connectivity index (χ4n) is 0.409. The van der Waals surface area contributed by atoms with E-state index in [9.17, 15) is 10.0 Å². The highest BCUT2D eigenvalue weighted by Crippen LogP contribution is 1.94. The van der Waals surface area contributed by atoms with E-state index in [1.54, 1.807) is 0 Å².